The molecule has 1 saturated heterocycles. The van der Waals surface area contributed by atoms with Crippen molar-refractivity contribution in [2.75, 3.05) is 6.61 Å². The Hall–Kier alpha value is -1.36. The number of carboxylic acids is 1. The molecule has 1 aromatic heterocycles. The maximum absolute atomic E-state index is 10.5. The summed E-state index contributed by atoms with van der Waals surface area (Å²) in [6, 6.07) is 0. The Morgan fingerprint density at radius 3 is 3.20 bits per heavy atom. The summed E-state index contributed by atoms with van der Waals surface area (Å²) in [7, 11) is 0. The molecule has 1 unspecified atom stereocenters. The molecule has 5 nitrogen and oxygen atoms in total. The molecule has 1 aliphatic rings. The van der Waals surface area contributed by atoms with E-state index in [1.54, 1.807) is 6.20 Å². The number of H-pyrrole nitrogens is 1. The van der Waals surface area contributed by atoms with Crippen molar-refractivity contribution in [3.05, 3.63) is 17.7 Å². The smallest absolute Gasteiger partial charge is 0.309 e. The van der Waals surface area contributed by atoms with Crippen LogP contribution < -0.4 is 0 Å². The van der Waals surface area contributed by atoms with E-state index in [4.69, 9.17) is 9.84 Å². The highest BCUT2D eigenvalue weighted by Crippen LogP contribution is 2.33. The number of carbonyl (C=O) groups is 1. The summed E-state index contributed by atoms with van der Waals surface area (Å²) in [5.74, 6) is -0.126. The highest BCUT2D eigenvalue weighted by atomic mass is 16.5. The molecular formula is C10H14N2O3. The molecule has 1 fully saturated rings. The lowest BCUT2D eigenvalue weighted by Gasteiger charge is -2.19. The number of ether oxygens (including phenoxy) is 1. The molecule has 0 amide bonds. The van der Waals surface area contributed by atoms with E-state index in [9.17, 15) is 4.79 Å². The fraction of sp³-hybridized carbons (Fsp3) is 0.600. The average Bonchev–Trinajstić information content (AvgIpc) is 2.74. The molecule has 1 atom stereocenters. The van der Waals surface area contributed by atoms with Gasteiger partial charge in [-0.2, -0.15) is 0 Å². The van der Waals surface area contributed by atoms with Crippen molar-refractivity contribution in [1.29, 1.82) is 0 Å². The summed E-state index contributed by atoms with van der Waals surface area (Å²) in [6.45, 7) is 2.72. The minimum absolute atomic E-state index is 0.0247. The standard InChI is InChI=1S/C10H14N2O3/c1-10(3-2-4-15-10)9-11-6-7(12-9)5-8(13)14/h6H,2-5H2,1H3,(H,11,12)(H,13,14). The molecule has 0 radical (unpaired) electrons. The first kappa shape index (κ1) is 10.2. The van der Waals surface area contributed by atoms with Crippen molar-refractivity contribution >= 4 is 5.97 Å². The van der Waals surface area contributed by atoms with Gasteiger partial charge in [0.15, 0.2) is 0 Å². The largest absolute Gasteiger partial charge is 0.481 e. The van der Waals surface area contributed by atoms with Gasteiger partial charge < -0.3 is 14.8 Å². The first-order valence-electron chi connectivity index (χ1n) is 5.00. The molecule has 0 spiro atoms. The molecule has 0 aliphatic carbocycles. The number of nitrogens with one attached hydrogen (secondary N) is 1. The Balaban J connectivity index is 2.15. The van der Waals surface area contributed by atoms with Gasteiger partial charge in [-0.3, -0.25) is 4.79 Å². The lowest BCUT2D eigenvalue weighted by atomic mass is 10.0. The lowest BCUT2D eigenvalue weighted by Crippen LogP contribution is -2.21. The van der Waals surface area contributed by atoms with Gasteiger partial charge in [0.1, 0.15) is 11.4 Å². The van der Waals surface area contributed by atoms with Gasteiger partial charge in [0.2, 0.25) is 0 Å². The first-order valence-corrected chi connectivity index (χ1v) is 5.00. The van der Waals surface area contributed by atoms with Crippen LogP contribution in [-0.4, -0.2) is 27.7 Å². The zero-order chi connectivity index (χ0) is 10.9. The van der Waals surface area contributed by atoms with Gasteiger partial charge in [0, 0.05) is 18.5 Å². The molecule has 5 heteroatoms. The molecule has 1 aromatic rings. The molecule has 0 saturated carbocycles. The molecule has 0 aromatic carbocycles. The van der Waals surface area contributed by atoms with Gasteiger partial charge in [-0.25, -0.2) is 4.98 Å². The van der Waals surface area contributed by atoms with Crippen LogP contribution >= 0.6 is 0 Å². The molecule has 2 N–H and O–H groups in total. The summed E-state index contributed by atoms with van der Waals surface area (Å²) >= 11 is 0. The predicted molar refractivity (Wildman–Crippen MR) is 52.5 cm³/mol. The average molecular weight is 210 g/mol. The zero-order valence-corrected chi connectivity index (χ0v) is 8.62. The minimum atomic E-state index is -0.859. The fourth-order valence-corrected chi connectivity index (χ4v) is 1.85. The topological polar surface area (TPSA) is 75.2 Å². The maximum Gasteiger partial charge on any atom is 0.309 e. The number of aromatic amines is 1. The summed E-state index contributed by atoms with van der Waals surface area (Å²) in [4.78, 5) is 17.7. The summed E-state index contributed by atoms with van der Waals surface area (Å²) in [5, 5.41) is 8.63. The van der Waals surface area contributed by atoms with Crippen molar-refractivity contribution in [1.82, 2.24) is 9.97 Å². The highest BCUT2D eigenvalue weighted by molar-refractivity contribution is 5.69. The number of aliphatic carboxylic acids is 1. The Bertz CT molecular complexity index is 366. The Labute approximate surface area is 87.5 Å². The van der Waals surface area contributed by atoms with Crippen LogP contribution in [0, 0.1) is 0 Å². The van der Waals surface area contributed by atoms with Gasteiger partial charge in [0.25, 0.3) is 0 Å². The maximum atomic E-state index is 10.5. The first-order chi connectivity index (χ1) is 7.10. The Morgan fingerprint density at radius 1 is 1.80 bits per heavy atom. The van der Waals surface area contributed by atoms with Crippen LogP contribution in [0.4, 0.5) is 0 Å². The lowest BCUT2D eigenvalue weighted by molar-refractivity contribution is -0.136. The van der Waals surface area contributed by atoms with Crippen molar-refractivity contribution in [2.24, 2.45) is 0 Å². The van der Waals surface area contributed by atoms with Gasteiger partial charge >= 0.3 is 5.97 Å². The Morgan fingerprint density at radius 2 is 2.60 bits per heavy atom. The zero-order valence-electron chi connectivity index (χ0n) is 8.62. The second-order valence-corrected chi connectivity index (χ2v) is 4.01. The van der Waals surface area contributed by atoms with E-state index in [2.05, 4.69) is 9.97 Å². The van der Waals surface area contributed by atoms with Gasteiger partial charge in [-0.1, -0.05) is 0 Å². The molecule has 2 rings (SSSR count). The van der Waals surface area contributed by atoms with Crippen LogP contribution in [0.5, 0.6) is 0 Å². The monoisotopic (exact) mass is 210 g/mol. The van der Waals surface area contributed by atoms with E-state index < -0.39 is 5.97 Å². The molecule has 82 valence electrons. The van der Waals surface area contributed by atoms with Gasteiger partial charge in [-0.15, -0.1) is 0 Å². The fourth-order valence-electron chi connectivity index (χ4n) is 1.85. The number of hydrogen-bond acceptors (Lipinski definition) is 3. The van der Waals surface area contributed by atoms with Crippen molar-refractivity contribution in [2.45, 2.75) is 31.8 Å². The van der Waals surface area contributed by atoms with Crippen molar-refractivity contribution < 1.29 is 14.6 Å². The van der Waals surface area contributed by atoms with Crippen LogP contribution in [0.1, 0.15) is 31.3 Å². The van der Waals surface area contributed by atoms with Crippen LogP contribution in [0.15, 0.2) is 6.20 Å². The predicted octanol–water partition coefficient (Wildman–Crippen LogP) is 1.06. The van der Waals surface area contributed by atoms with E-state index in [1.165, 1.54) is 0 Å². The minimum Gasteiger partial charge on any atom is -0.481 e. The third-order valence-electron chi connectivity index (χ3n) is 2.69. The van der Waals surface area contributed by atoms with Gasteiger partial charge in [0.05, 0.1) is 6.42 Å². The molecule has 15 heavy (non-hydrogen) atoms. The third-order valence-corrected chi connectivity index (χ3v) is 2.69. The third kappa shape index (κ3) is 2.02. The van der Waals surface area contributed by atoms with E-state index in [0.717, 1.165) is 25.3 Å². The number of nitrogens with zero attached hydrogens (tertiary/aromatic N) is 1. The summed E-state index contributed by atoms with van der Waals surface area (Å²) in [6.07, 6.45) is 3.48. The van der Waals surface area contributed by atoms with E-state index in [1.807, 2.05) is 6.92 Å². The van der Waals surface area contributed by atoms with E-state index >= 15 is 0 Å². The van der Waals surface area contributed by atoms with Crippen molar-refractivity contribution in [3.8, 4) is 0 Å². The van der Waals surface area contributed by atoms with Crippen LogP contribution in [0.25, 0.3) is 0 Å². The number of imidazole rings is 1. The van der Waals surface area contributed by atoms with Crippen LogP contribution in [-0.2, 0) is 21.6 Å². The van der Waals surface area contributed by atoms with Crippen LogP contribution in [0.3, 0.4) is 0 Å². The van der Waals surface area contributed by atoms with E-state index in [0.29, 0.717) is 5.69 Å². The van der Waals surface area contributed by atoms with Crippen molar-refractivity contribution in [3.63, 3.8) is 0 Å². The van der Waals surface area contributed by atoms with Crippen LogP contribution in [0.2, 0.25) is 0 Å². The highest BCUT2D eigenvalue weighted by Gasteiger charge is 2.34. The summed E-state index contributed by atoms with van der Waals surface area (Å²) < 4.78 is 5.60. The SMILES string of the molecule is CC1(c2ncc(CC(=O)O)[nH]2)CCCO1. The normalized spacial score (nSPS) is 25.7. The Kier molecular flexibility index (Phi) is 2.48. The second kappa shape index (κ2) is 3.66. The number of carboxylic acid groups (broad SMARTS) is 1. The molecule has 1 aliphatic heterocycles. The molecule has 0 bridgehead atoms. The molecular weight excluding hydrogens is 196 g/mol. The van der Waals surface area contributed by atoms with E-state index in [-0.39, 0.29) is 12.0 Å². The number of hydrogen-bond donors (Lipinski definition) is 2. The second-order valence-electron chi connectivity index (χ2n) is 4.01. The number of rotatable bonds is 3. The quantitative estimate of drug-likeness (QED) is 0.782. The van der Waals surface area contributed by atoms with Gasteiger partial charge in [-0.05, 0) is 19.8 Å². The molecule has 2 heterocycles. The number of aromatic nitrogens is 2. The summed E-state index contributed by atoms with van der Waals surface area (Å²) in [5.41, 5.74) is 0.255.